The zero-order valence-electron chi connectivity index (χ0n) is 46.5. The Labute approximate surface area is 483 Å². The molecule has 7 heteroatoms. The normalized spacial score (nSPS) is 13.8. The van der Waals surface area contributed by atoms with Crippen LogP contribution in [0.25, 0.3) is 22.3 Å². The third kappa shape index (κ3) is 9.74. The van der Waals surface area contributed by atoms with Crippen molar-refractivity contribution in [1.82, 2.24) is 4.98 Å². The molecule has 0 bridgehead atoms. The molecule has 1 aromatic heterocycles. The maximum atomic E-state index is 7.01. The van der Waals surface area contributed by atoms with E-state index in [2.05, 4.69) is 308 Å². The van der Waals surface area contributed by atoms with Crippen LogP contribution in [0.15, 0.2) is 225 Å². The Morgan fingerprint density at radius 3 is 1.59 bits per heavy atom. The van der Waals surface area contributed by atoms with Crippen LogP contribution in [0.4, 0.5) is 39.9 Å². The van der Waals surface area contributed by atoms with Crippen molar-refractivity contribution in [2.75, 3.05) is 14.7 Å². The molecule has 0 amide bonds. The number of anilines is 7. The first-order chi connectivity index (χ1) is 37.6. The molecule has 79 heavy (non-hydrogen) atoms. The molecule has 0 saturated heterocycles. The number of nitrogens with zero attached hydrogens (tertiary/aromatic N) is 4. The quantitative estimate of drug-likeness (QED) is 0.106. The second-order valence-electron chi connectivity index (χ2n) is 23.8. The molecule has 0 saturated carbocycles. The molecule has 10 aromatic rings. The molecule has 12 rings (SSSR count). The van der Waals surface area contributed by atoms with Crippen LogP contribution in [0, 0.1) is 18.8 Å². The van der Waals surface area contributed by atoms with Crippen LogP contribution >= 0.6 is 0 Å². The Hall–Kier alpha value is -7.76. The maximum absolute atomic E-state index is 7.01. The van der Waals surface area contributed by atoms with E-state index in [9.17, 15) is 0 Å². The van der Waals surface area contributed by atoms with Crippen molar-refractivity contribution in [2.45, 2.75) is 78.6 Å². The molecule has 5 nitrogen and oxygen atoms in total. The summed E-state index contributed by atoms with van der Waals surface area (Å²) in [6, 6.07) is 87.0. The standard InChI is InChI=1S/C72H65N4OSi.Pt/c1-70(2,3)52-41-42-73-68(46-52)76-64-37-21-22-38-66(64)78(58-29-15-11-16-30-58,59-31-17-12-18-32-59)67-40-39-57(48-65(67)76)77-56-28-23-27-55(47-56)74-49-75(63-36-20-19-35-62(63)74)69-60(50-25-13-10-14-26-50)33-24-34-61(69)51-43-53(71(4,5)6)45-54(44-51)72(7,8)9;/h10-46,49H,1-9H3;/q-3;. The summed E-state index contributed by atoms with van der Waals surface area (Å²) in [7, 11) is -2.97. The predicted molar refractivity (Wildman–Crippen MR) is 329 cm³/mol. The minimum atomic E-state index is -2.97. The smallest absolute Gasteiger partial charge is 0.135 e. The summed E-state index contributed by atoms with van der Waals surface area (Å²) in [6.45, 7) is 22.8. The molecule has 3 heterocycles. The van der Waals surface area contributed by atoms with Gasteiger partial charge in [0.2, 0.25) is 0 Å². The van der Waals surface area contributed by atoms with Gasteiger partial charge in [-0.1, -0.05) is 236 Å². The van der Waals surface area contributed by atoms with E-state index in [4.69, 9.17) is 9.72 Å². The second kappa shape index (κ2) is 20.8. The maximum Gasteiger partial charge on any atom is 0.135 e. The SMILES string of the molecule is CC(C)(C)c1cc(-c2cccc(-c3ccccc3)c2N2[CH-]N(c3[c-]c(Oc4[c-]c5c(cc4)[Si](c4ccccc4)(c4ccccc4)c4ccccc4N5c4cc(C(C)(C)C)ccn4)ccc3)c3ccccc32)cc(C(C)(C)C)c1.[Pt]. The van der Waals surface area contributed by atoms with Crippen molar-refractivity contribution in [1.29, 1.82) is 0 Å². The molecule has 0 atom stereocenters. The van der Waals surface area contributed by atoms with Crippen LogP contribution in [0.5, 0.6) is 11.5 Å². The average Bonchev–Trinajstić information content (AvgIpc) is 3.64. The van der Waals surface area contributed by atoms with Crippen molar-refractivity contribution >= 4 is 68.8 Å². The van der Waals surface area contributed by atoms with Crippen molar-refractivity contribution < 1.29 is 25.8 Å². The van der Waals surface area contributed by atoms with Gasteiger partial charge in [-0.2, -0.15) is 12.1 Å². The summed E-state index contributed by atoms with van der Waals surface area (Å²) >= 11 is 0. The summed E-state index contributed by atoms with van der Waals surface area (Å²) in [5.74, 6) is 2.00. The topological polar surface area (TPSA) is 31.8 Å². The molecule has 9 aromatic carbocycles. The largest absolute Gasteiger partial charge is 0.509 e. The molecule has 0 radical (unpaired) electrons. The van der Waals surface area contributed by atoms with Gasteiger partial charge in [-0.05, 0) is 79.6 Å². The zero-order valence-corrected chi connectivity index (χ0v) is 49.7. The number of hydrogen-bond acceptors (Lipinski definition) is 5. The summed E-state index contributed by atoms with van der Waals surface area (Å²) in [5, 5.41) is 5.10. The minimum Gasteiger partial charge on any atom is -0.509 e. The molecule has 0 fully saturated rings. The van der Waals surface area contributed by atoms with E-state index in [1.54, 1.807) is 0 Å². The van der Waals surface area contributed by atoms with E-state index in [1.807, 2.05) is 12.3 Å². The van der Waals surface area contributed by atoms with Crippen LogP contribution in [0.1, 0.15) is 79.0 Å². The number of ether oxygens (including phenoxy) is 1. The Balaban J connectivity index is 0.00000660. The van der Waals surface area contributed by atoms with Crippen LogP contribution in [0.2, 0.25) is 0 Å². The van der Waals surface area contributed by atoms with E-state index in [1.165, 1.54) is 43.0 Å². The molecule has 0 spiro atoms. The fourth-order valence-corrected chi connectivity index (χ4v) is 16.5. The Bertz CT molecular complexity index is 3770. The van der Waals surface area contributed by atoms with Gasteiger partial charge in [0.15, 0.2) is 0 Å². The van der Waals surface area contributed by atoms with E-state index >= 15 is 0 Å². The molecular formula is C72H65N4OPtSi-3. The van der Waals surface area contributed by atoms with Crippen molar-refractivity contribution in [3.63, 3.8) is 0 Å². The van der Waals surface area contributed by atoms with Gasteiger partial charge >= 0.3 is 0 Å². The minimum absolute atomic E-state index is 0. The van der Waals surface area contributed by atoms with Gasteiger partial charge in [0.1, 0.15) is 13.9 Å². The van der Waals surface area contributed by atoms with Gasteiger partial charge in [-0.25, -0.2) is 4.98 Å². The predicted octanol–water partition coefficient (Wildman–Crippen LogP) is 16.3. The number of pyridine rings is 1. The molecule has 0 N–H and O–H groups in total. The fourth-order valence-electron chi connectivity index (χ4n) is 11.4. The van der Waals surface area contributed by atoms with Gasteiger partial charge < -0.3 is 19.4 Å². The summed E-state index contributed by atoms with van der Waals surface area (Å²) < 4.78 is 7.01. The van der Waals surface area contributed by atoms with Gasteiger partial charge in [-0.3, -0.25) is 0 Å². The third-order valence-electron chi connectivity index (χ3n) is 15.5. The average molecular weight is 1230 g/mol. The van der Waals surface area contributed by atoms with Gasteiger partial charge in [-0.15, -0.1) is 47.9 Å². The number of aromatic nitrogens is 1. The fraction of sp³-hybridized carbons (Fsp3) is 0.167. The second-order valence-corrected chi connectivity index (χ2v) is 27.5. The van der Waals surface area contributed by atoms with Crippen LogP contribution in [-0.4, -0.2) is 13.1 Å². The number of para-hydroxylation sites is 4. The van der Waals surface area contributed by atoms with E-state index in [0.29, 0.717) is 11.5 Å². The van der Waals surface area contributed by atoms with E-state index in [-0.39, 0.29) is 37.3 Å². The molecule has 0 aliphatic carbocycles. The number of rotatable bonds is 9. The molecule has 2 aliphatic rings. The summed E-state index contributed by atoms with van der Waals surface area (Å²) in [4.78, 5) is 12.0. The number of hydrogen-bond donors (Lipinski definition) is 0. The van der Waals surface area contributed by atoms with Crippen LogP contribution < -0.4 is 40.2 Å². The van der Waals surface area contributed by atoms with Gasteiger partial charge in [0.25, 0.3) is 0 Å². The summed E-state index contributed by atoms with van der Waals surface area (Å²) in [5.41, 5.74) is 14.4. The van der Waals surface area contributed by atoms with Crippen LogP contribution in [-0.2, 0) is 37.3 Å². The van der Waals surface area contributed by atoms with Gasteiger partial charge in [0, 0.05) is 72.6 Å². The Kier molecular flexibility index (Phi) is 14.0. The first-order valence-electron chi connectivity index (χ1n) is 27.2. The van der Waals surface area contributed by atoms with Crippen molar-refractivity contribution in [3.8, 4) is 33.8 Å². The molecule has 396 valence electrons. The third-order valence-corrected chi connectivity index (χ3v) is 20.4. The molecular weight excluding hydrogens is 1160 g/mol. The van der Waals surface area contributed by atoms with Crippen molar-refractivity contribution in [2.24, 2.45) is 0 Å². The number of fused-ring (bicyclic) bond motifs is 3. The van der Waals surface area contributed by atoms with Crippen molar-refractivity contribution in [3.05, 3.63) is 260 Å². The zero-order chi connectivity index (χ0) is 54.0. The summed E-state index contributed by atoms with van der Waals surface area (Å²) in [6.07, 6.45) is 1.94. The molecule has 0 unspecified atom stereocenters. The Morgan fingerprint density at radius 2 is 0.975 bits per heavy atom. The first-order valence-corrected chi connectivity index (χ1v) is 29.2. The number of benzene rings is 9. The first kappa shape index (κ1) is 53.2. The Morgan fingerprint density at radius 1 is 0.443 bits per heavy atom. The monoisotopic (exact) mass is 1220 g/mol. The van der Waals surface area contributed by atoms with Crippen LogP contribution in [0.3, 0.4) is 0 Å². The van der Waals surface area contributed by atoms with Gasteiger partial charge in [0.05, 0.1) is 0 Å². The molecule has 2 aliphatic heterocycles. The van der Waals surface area contributed by atoms with E-state index < -0.39 is 8.07 Å². The van der Waals surface area contributed by atoms with E-state index in [0.717, 1.165) is 56.6 Å².